The van der Waals surface area contributed by atoms with Crippen LogP contribution in [0.2, 0.25) is 0 Å². The average molecular weight is 451 g/mol. The zero-order chi connectivity index (χ0) is 18.2. The van der Waals surface area contributed by atoms with Crippen molar-refractivity contribution in [1.29, 1.82) is 0 Å². The zero-order valence-electron chi connectivity index (χ0n) is 17.1. The van der Waals surface area contributed by atoms with Crippen LogP contribution in [0.3, 0.4) is 0 Å². The van der Waals surface area contributed by atoms with Crippen molar-refractivity contribution in [2.45, 2.75) is 47.0 Å². The molecule has 1 aromatic rings. The third-order valence-corrected chi connectivity index (χ3v) is 10.2. The summed E-state index contributed by atoms with van der Waals surface area (Å²) in [7, 11) is 2.78. The Bertz CT molecular complexity index is 749. The van der Waals surface area contributed by atoms with E-state index in [1.165, 1.54) is 25.8 Å². The summed E-state index contributed by atoms with van der Waals surface area (Å²) in [5.41, 5.74) is 4.26. The standard InChI is InChI=1S/C11H16O2.C8H13Si.CH2.2ClH.Ti/c1-11(2,3)8-5-9(12)7-10(6-8)13-4;1-5-4-8(9)7(3)6(5)2;;;;/h5-7,12H,1-4H3;5H,1-3,9H3;1H2;2*1H;/q;;;;;+1/p-1. The molecule has 26 heavy (non-hydrogen) atoms. The first kappa shape index (κ1) is 25.7. The van der Waals surface area contributed by atoms with Crippen LogP contribution in [0.5, 0.6) is 11.5 Å². The van der Waals surface area contributed by atoms with Gasteiger partial charge in [0.2, 0.25) is 0 Å². The molecular formula is C20H32Cl2O2SiTi. The van der Waals surface area contributed by atoms with Crippen LogP contribution in [0, 0.1) is 5.92 Å². The first-order chi connectivity index (χ1) is 11.1. The van der Waals surface area contributed by atoms with Gasteiger partial charge in [0.15, 0.2) is 0 Å². The molecule has 0 amide bonds. The van der Waals surface area contributed by atoms with Crippen molar-refractivity contribution in [2.75, 3.05) is 7.11 Å². The summed E-state index contributed by atoms with van der Waals surface area (Å²) in [5.74, 6) is 2.26. The second-order valence-electron chi connectivity index (χ2n) is 7.74. The molecule has 1 aromatic carbocycles. The fourth-order valence-electron chi connectivity index (χ4n) is 3.19. The topological polar surface area (TPSA) is 18.5 Å². The Morgan fingerprint density at radius 1 is 1.08 bits per heavy atom. The second-order valence-corrected chi connectivity index (χ2v) is 11.2. The third-order valence-electron chi connectivity index (χ3n) is 5.16. The van der Waals surface area contributed by atoms with E-state index in [0.29, 0.717) is 5.92 Å². The monoisotopic (exact) mass is 450 g/mol. The van der Waals surface area contributed by atoms with Crippen LogP contribution in [0.1, 0.15) is 47.1 Å². The Kier molecular flexibility index (Phi) is 9.63. The second kappa shape index (κ2) is 9.75. The van der Waals surface area contributed by atoms with E-state index in [4.69, 9.17) is 8.06 Å². The van der Waals surface area contributed by atoms with E-state index in [2.05, 4.69) is 58.5 Å². The number of hydrogen-bond donors (Lipinski definition) is 0. The molecule has 0 heterocycles. The van der Waals surface area contributed by atoms with Crippen LogP contribution >= 0.6 is 24.8 Å². The zero-order valence-corrected chi connectivity index (χ0v) is 22.3. The van der Waals surface area contributed by atoms with Gasteiger partial charge < -0.3 is 0 Å². The summed E-state index contributed by atoms with van der Waals surface area (Å²) >= 11 is -2.02. The summed E-state index contributed by atoms with van der Waals surface area (Å²) in [4.78, 5) is 4.47. The van der Waals surface area contributed by atoms with Gasteiger partial charge in [-0.25, -0.2) is 0 Å². The van der Waals surface area contributed by atoms with Crippen molar-refractivity contribution in [1.82, 2.24) is 0 Å². The summed E-state index contributed by atoms with van der Waals surface area (Å²) in [6.07, 6.45) is 0. The van der Waals surface area contributed by atoms with E-state index in [1.807, 2.05) is 6.07 Å². The van der Waals surface area contributed by atoms with Crippen LogP contribution in [-0.2, 0) is 23.2 Å². The van der Waals surface area contributed by atoms with Gasteiger partial charge in [-0.2, -0.15) is 0 Å². The molecular weight excluding hydrogens is 419 g/mol. The average Bonchev–Trinajstić information content (AvgIpc) is 2.69. The van der Waals surface area contributed by atoms with Gasteiger partial charge in [-0.1, -0.05) is 0 Å². The molecule has 0 fully saturated rings. The molecule has 0 spiro atoms. The number of halogens is 2. The van der Waals surface area contributed by atoms with Gasteiger partial charge in [0, 0.05) is 0 Å². The molecule has 1 unspecified atom stereocenters. The van der Waals surface area contributed by atoms with Crippen molar-refractivity contribution in [3.63, 3.8) is 0 Å². The predicted octanol–water partition coefficient (Wildman–Crippen LogP) is 4.74. The van der Waals surface area contributed by atoms with E-state index in [9.17, 15) is 0 Å². The van der Waals surface area contributed by atoms with Gasteiger partial charge in [-0.05, 0) is 0 Å². The van der Waals surface area contributed by atoms with Crippen molar-refractivity contribution in [3.8, 4) is 11.5 Å². The van der Waals surface area contributed by atoms with Gasteiger partial charge in [0.05, 0.1) is 0 Å². The first-order valence-electron chi connectivity index (χ1n) is 8.51. The SMILES string of the molecule is Cl.Cl.[CH2]=[Ti]([O]c1cc(OC)cc(C(C)(C)C)c1)[C]1=C([SiH3])C(C)=C(C)C1C. The number of hydrogen-bond acceptors (Lipinski definition) is 2. The Balaban J connectivity index is 0.00000312. The molecule has 2 nitrogen and oxygen atoms in total. The van der Waals surface area contributed by atoms with E-state index < -0.39 is 17.8 Å². The number of ether oxygens (including phenoxy) is 1. The van der Waals surface area contributed by atoms with Gasteiger partial charge >= 0.3 is 156 Å². The van der Waals surface area contributed by atoms with Crippen molar-refractivity contribution in [2.24, 2.45) is 5.92 Å². The van der Waals surface area contributed by atoms with Gasteiger partial charge in [-0.15, -0.1) is 24.8 Å². The molecule has 0 saturated heterocycles. The van der Waals surface area contributed by atoms with Crippen LogP contribution in [-0.4, -0.2) is 22.2 Å². The molecule has 0 N–H and O–H groups in total. The molecule has 1 atom stereocenters. The first-order valence-corrected chi connectivity index (χ1v) is 12.0. The Morgan fingerprint density at radius 2 is 1.62 bits per heavy atom. The maximum atomic E-state index is 6.43. The molecule has 1 aliphatic rings. The van der Waals surface area contributed by atoms with Crippen LogP contribution in [0.4, 0.5) is 0 Å². The van der Waals surface area contributed by atoms with E-state index in [1.54, 1.807) is 7.11 Å². The molecule has 0 radical (unpaired) electrons. The fourth-order valence-corrected chi connectivity index (χ4v) is 8.01. The molecule has 1 aliphatic carbocycles. The molecule has 2 rings (SSSR count). The Morgan fingerprint density at radius 3 is 2.04 bits per heavy atom. The van der Waals surface area contributed by atoms with Crippen LogP contribution in [0.25, 0.3) is 0 Å². The minimum atomic E-state index is -2.02. The number of methoxy groups -OCH3 is 1. The van der Waals surface area contributed by atoms with E-state index in [0.717, 1.165) is 21.7 Å². The maximum absolute atomic E-state index is 6.43. The third kappa shape index (κ3) is 5.36. The minimum absolute atomic E-state index is 0. The normalized spacial score (nSPS) is 17.0. The Labute approximate surface area is 180 Å². The van der Waals surface area contributed by atoms with Crippen LogP contribution in [0.15, 0.2) is 38.4 Å². The molecule has 0 bridgehead atoms. The number of rotatable bonds is 4. The van der Waals surface area contributed by atoms with Crippen molar-refractivity contribution in [3.05, 3.63) is 44.0 Å². The van der Waals surface area contributed by atoms with Gasteiger partial charge in [0.25, 0.3) is 0 Å². The molecule has 0 saturated carbocycles. The van der Waals surface area contributed by atoms with E-state index in [-0.39, 0.29) is 30.2 Å². The van der Waals surface area contributed by atoms with Crippen molar-refractivity contribution >= 4 is 39.9 Å². The summed E-state index contributed by atoms with van der Waals surface area (Å²) in [6.45, 7) is 13.4. The number of allylic oxidation sites excluding steroid dienone is 4. The summed E-state index contributed by atoms with van der Waals surface area (Å²) < 4.78 is 13.4. The van der Waals surface area contributed by atoms with E-state index >= 15 is 0 Å². The van der Waals surface area contributed by atoms with Crippen molar-refractivity contribution < 1.29 is 25.9 Å². The van der Waals surface area contributed by atoms with Crippen LogP contribution < -0.4 is 8.06 Å². The summed E-state index contributed by atoms with van der Waals surface area (Å²) in [5, 5.41) is 1.53. The Hall–Kier alpha value is -0.319. The number of benzene rings is 1. The fraction of sp³-hybridized carbons (Fsp3) is 0.450. The predicted molar refractivity (Wildman–Crippen MR) is 118 cm³/mol. The quantitative estimate of drug-likeness (QED) is 0.616. The molecule has 0 aromatic heterocycles. The van der Waals surface area contributed by atoms with Gasteiger partial charge in [-0.3, -0.25) is 0 Å². The molecule has 146 valence electrons. The molecule has 6 heteroatoms. The summed E-state index contributed by atoms with van der Waals surface area (Å²) in [6, 6.07) is 6.25. The molecule has 0 aliphatic heterocycles. The van der Waals surface area contributed by atoms with Gasteiger partial charge in [0.1, 0.15) is 0 Å².